The van der Waals surface area contributed by atoms with E-state index < -0.39 is 10.8 Å². The lowest BCUT2D eigenvalue weighted by atomic mass is 9.87. The summed E-state index contributed by atoms with van der Waals surface area (Å²) in [5, 5.41) is 3.84. The van der Waals surface area contributed by atoms with Crippen molar-refractivity contribution >= 4 is 26.7 Å². The Hall–Kier alpha value is -0.190. The van der Waals surface area contributed by atoms with E-state index in [0.717, 1.165) is 35.2 Å². The van der Waals surface area contributed by atoms with E-state index in [0.29, 0.717) is 12.0 Å². The molecule has 1 N–H and O–H groups in total. The molecule has 0 amide bonds. The Morgan fingerprint density at radius 1 is 1.30 bits per heavy atom. The van der Waals surface area contributed by atoms with E-state index in [4.69, 9.17) is 0 Å². The van der Waals surface area contributed by atoms with Crippen LogP contribution in [0, 0.1) is 5.92 Å². The molecule has 0 bridgehead atoms. The highest BCUT2D eigenvalue weighted by molar-refractivity contribution is 9.10. The molecule has 0 saturated heterocycles. The standard InChI is InChI=1S/C16H24BrNOS/c1-3-10-18-15-9-4-12(2)11-16(15)20(19)14-7-5-13(17)6-8-14/h5-8,12,15-16,18H,3-4,9-11H2,1-2H3. The fourth-order valence-electron chi connectivity index (χ4n) is 2.87. The first-order chi connectivity index (χ1) is 9.61. The van der Waals surface area contributed by atoms with Crippen LogP contribution in [0.2, 0.25) is 0 Å². The average Bonchev–Trinajstić information content (AvgIpc) is 2.46. The van der Waals surface area contributed by atoms with Crippen molar-refractivity contribution in [3.63, 3.8) is 0 Å². The zero-order valence-electron chi connectivity index (χ0n) is 12.3. The smallest absolute Gasteiger partial charge is 0.0576 e. The van der Waals surface area contributed by atoms with Crippen molar-refractivity contribution in [1.29, 1.82) is 0 Å². The fourth-order valence-corrected chi connectivity index (χ4v) is 4.92. The summed E-state index contributed by atoms with van der Waals surface area (Å²) in [6.45, 7) is 5.48. The molecular weight excluding hydrogens is 334 g/mol. The molecular formula is C16H24BrNOS. The van der Waals surface area contributed by atoms with Gasteiger partial charge in [0.25, 0.3) is 0 Å². The predicted molar refractivity (Wildman–Crippen MR) is 89.4 cm³/mol. The van der Waals surface area contributed by atoms with E-state index in [2.05, 4.69) is 35.1 Å². The lowest BCUT2D eigenvalue weighted by molar-refractivity contribution is 0.313. The van der Waals surface area contributed by atoms with Crippen molar-refractivity contribution < 1.29 is 4.21 Å². The van der Waals surface area contributed by atoms with Crippen LogP contribution < -0.4 is 5.32 Å². The summed E-state index contributed by atoms with van der Waals surface area (Å²) in [5.41, 5.74) is 0. The Kier molecular flexibility index (Phi) is 6.24. The van der Waals surface area contributed by atoms with Crippen molar-refractivity contribution in [2.75, 3.05) is 6.54 Å². The van der Waals surface area contributed by atoms with Gasteiger partial charge in [0.2, 0.25) is 0 Å². The number of hydrogen-bond acceptors (Lipinski definition) is 2. The minimum absolute atomic E-state index is 0.242. The Balaban J connectivity index is 2.12. The topological polar surface area (TPSA) is 29.1 Å². The second-order valence-corrected chi connectivity index (χ2v) is 8.36. The molecule has 2 rings (SSSR count). The Morgan fingerprint density at radius 3 is 2.65 bits per heavy atom. The average molecular weight is 358 g/mol. The maximum absolute atomic E-state index is 12.9. The van der Waals surface area contributed by atoms with Crippen LogP contribution in [-0.4, -0.2) is 22.0 Å². The van der Waals surface area contributed by atoms with Gasteiger partial charge in [0, 0.05) is 15.4 Å². The van der Waals surface area contributed by atoms with E-state index >= 15 is 0 Å². The van der Waals surface area contributed by atoms with E-state index in [1.165, 1.54) is 6.42 Å². The van der Waals surface area contributed by atoms with Crippen molar-refractivity contribution in [3.05, 3.63) is 28.7 Å². The highest BCUT2D eigenvalue weighted by Crippen LogP contribution is 2.30. The largest absolute Gasteiger partial charge is 0.313 e. The molecule has 2 nitrogen and oxygen atoms in total. The van der Waals surface area contributed by atoms with Crippen molar-refractivity contribution in [2.45, 2.75) is 55.7 Å². The summed E-state index contributed by atoms with van der Waals surface area (Å²) >= 11 is 3.43. The van der Waals surface area contributed by atoms with E-state index in [1.807, 2.05) is 24.3 Å². The van der Waals surface area contributed by atoms with Crippen LogP contribution in [0.3, 0.4) is 0 Å². The third-order valence-corrected chi connectivity index (χ3v) is 6.37. The summed E-state index contributed by atoms with van der Waals surface area (Å²) in [7, 11) is -0.916. The van der Waals surface area contributed by atoms with Crippen LogP contribution in [-0.2, 0) is 10.8 Å². The third kappa shape index (κ3) is 4.15. The summed E-state index contributed by atoms with van der Waals surface area (Å²) in [6, 6.07) is 8.32. The van der Waals surface area contributed by atoms with Crippen LogP contribution in [0.4, 0.5) is 0 Å². The number of rotatable bonds is 5. The molecule has 0 aromatic heterocycles. The molecule has 0 spiro atoms. The zero-order valence-corrected chi connectivity index (χ0v) is 14.7. The molecule has 0 heterocycles. The highest BCUT2D eigenvalue weighted by atomic mass is 79.9. The molecule has 1 aromatic rings. The lowest BCUT2D eigenvalue weighted by Crippen LogP contribution is -2.46. The number of halogens is 1. The van der Waals surface area contributed by atoms with Gasteiger partial charge >= 0.3 is 0 Å². The Morgan fingerprint density at radius 2 is 2.00 bits per heavy atom. The molecule has 4 heteroatoms. The normalized spacial score (nSPS) is 28.2. The number of benzene rings is 1. The molecule has 1 saturated carbocycles. The van der Waals surface area contributed by atoms with Crippen LogP contribution in [0.5, 0.6) is 0 Å². The Bertz CT molecular complexity index is 446. The minimum Gasteiger partial charge on any atom is -0.313 e. The van der Waals surface area contributed by atoms with Gasteiger partial charge in [-0.2, -0.15) is 0 Å². The van der Waals surface area contributed by atoms with Gasteiger partial charge in [0.1, 0.15) is 0 Å². The monoisotopic (exact) mass is 357 g/mol. The molecule has 112 valence electrons. The first kappa shape index (κ1) is 16.2. The highest BCUT2D eigenvalue weighted by Gasteiger charge is 2.33. The summed E-state index contributed by atoms with van der Waals surface area (Å²) in [5.74, 6) is 0.680. The van der Waals surface area contributed by atoms with Crippen LogP contribution in [0.25, 0.3) is 0 Å². The summed E-state index contributed by atoms with van der Waals surface area (Å²) in [6.07, 6.45) is 4.58. The lowest BCUT2D eigenvalue weighted by Gasteiger charge is -2.35. The molecule has 1 fully saturated rings. The van der Waals surface area contributed by atoms with Crippen molar-refractivity contribution in [3.8, 4) is 0 Å². The molecule has 0 radical (unpaired) electrons. The van der Waals surface area contributed by atoms with Gasteiger partial charge in [-0.15, -0.1) is 0 Å². The Labute approximate surface area is 133 Å². The maximum atomic E-state index is 12.9. The first-order valence-corrected chi connectivity index (χ1v) is 9.52. The third-order valence-electron chi connectivity index (χ3n) is 4.03. The van der Waals surface area contributed by atoms with Gasteiger partial charge < -0.3 is 5.32 Å². The van der Waals surface area contributed by atoms with Crippen LogP contribution in [0.1, 0.15) is 39.5 Å². The second kappa shape index (κ2) is 7.71. The maximum Gasteiger partial charge on any atom is 0.0576 e. The SMILES string of the molecule is CCCNC1CCC(C)CC1S(=O)c1ccc(Br)cc1. The first-order valence-electron chi connectivity index (χ1n) is 7.51. The number of nitrogens with one attached hydrogen (secondary N) is 1. The van der Waals surface area contributed by atoms with Crippen molar-refractivity contribution in [2.24, 2.45) is 5.92 Å². The van der Waals surface area contributed by atoms with E-state index in [1.54, 1.807) is 0 Å². The van der Waals surface area contributed by atoms with Gasteiger partial charge in [-0.25, -0.2) is 0 Å². The van der Waals surface area contributed by atoms with Gasteiger partial charge in [-0.3, -0.25) is 4.21 Å². The molecule has 1 aliphatic carbocycles. The molecule has 20 heavy (non-hydrogen) atoms. The summed E-state index contributed by atoms with van der Waals surface area (Å²) in [4.78, 5) is 0.954. The predicted octanol–water partition coefficient (Wildman–Crippen LogP) is 4.11. The molecule has 1 aromatic carbocycles. The zero-order chi connectivity index (χ0) is 14.5. The summed E-state index contributed by atoms with van der Waals surface area (Å²) < 4.78 is 13.9. The number of hydrogen-bond donors (Lipinski definition) is 1. The molecule has 4 atom stereocenters. The van der Waals surface area contributed by atoms with Crippen molar-refractivity contribution in [1.82, 2.24) is 5.32 Å². The minimum atomic E-state index is -0.916. The fraction of sp³-hybridized carbons (Fsp3) is 0.625. The molecule has 4 unspecified atom stereocenters. The van der Waals surface area contributed by atoms with Gasteiger partial charge in [0.05, 0.1) is 16.0 Å². The van der Waals surface area contributed by atoms with E-state index in [9.17, 15) is 4.21 Å². The molecule has 0 aliphatic heterocycles. The van der Waals surface area contributed by atoms with Crippen LogP contribution >= 0.6 is 15.9 Å². The second-order valence-electron chi connectivity index (χ2n) is 5.77. The van der Waals surface area contributed by atoms with Gasteiger partial charge in [0.15, 0.2) is 0 Å². The molecule has 1 aliphatic rings. The van der Waals surface area contributed by atoms with Gasteiger partial charge in [-0.1, -0.05) is 29.8 Å². The quantitative estimate of drug-likeness (QED) is 0.858. The van der Waals surface area contributed by atoms with E-state index in [-0.39, 0.29) is 5.25 Å². The van der Waals surface area contributed by atoms with Crippen LogP contribution in [0.15, 0.2) is 33.6 Å². The van der Waals surface area contributed by atoms with Gasteiger partial charge in [-0.05, 0) is 62.4 Å².